The van der Waals surface area contributed by atoms with Crippen molar-refractivity contribution >= 4 is 38.8 Å². The summed E-state index contributed by atoms with van der Waals surface area (Å²) in [6, 6.07) is 21.8. The van der Waals surface area contributed by atoms with Crippen LogP contribution in [-0.2, 0) is 0 Å². The average Bonchev–Trinajstić information content (AvgIpc) is 3.11. The minimum atomic E-state index is -0.00434. The predicted molar refractivity (Wildman–Crippen MR) is 112 cm³/mol. The van der Waals surface area contributed by atoms with E-state index in [-0.39, 0.29) is 5.91 Å². The van der Waals surface area contributed by atoms with Crippen molar-refractivity contribution in [2.24, 2.45) is 0 Å². The Morgan fingerprint density at radius 2 is 1.85 bits per heavy atom. The normalized spacial score (nSPS) is 10.9. The molecule has 4 rings (SSSR count). The molecule has 3 N–H and O–H groups in total. The number of nitrogens with zero attached hydrogens (tertiary/aromatic N) is 1. The number of aromatic nitrogens is 1. The zero-order valence-electron chi connectivity index (χ0n) is 15.2. The molecule has 0 unspecified atom stereocenters. The molecule has 1 amide bonds. The Bertz CT molecular complexity index is 1120. The minimum absolute atomic E-state index is 0.00434. The lowest BCUT2D eigenvalue weighted by Gasteiger charge is -2.03. The molecular formula is C22H20N3OS+. The van der Waals surface area contributed by atoms with Gasteiger partial charge in [-0.3, -0.25) is 0 Å². The van der Waals surface area contributed by atoms with Gasteiger partial charge >= 0.3 is 5.91 Å². The van der Waals surface area contributed by atoms with Crippen molar-refractivity contribution in [2.45, 2.75) is 6.92 Å². The number of primary amides is 1. The second-order valence-electron chi connectivity index (χ2n) is 6.45. The highest BCUT2D eigenvalue weighted by atomic mass is 32.1. The van der Waals surface area contributed by atoms with Crippen LogP contribution in [0.25, 0.3) is 20.8 Å². The zero-order chi connectivity index (χ0) is 18.8. The number of fused-ring (bicyclic) bond motifs is 1. The standard InChI is InChI=1S/C22H19N3OS/c1-14-6-11-19-20(12-14)27-22(25-19)15-7-9-17(10-8-15)24-21(26)16-4-3-5-18(13-16)23-2/h3-13,23H,1-2H3,(H,24,26)/p+1. The Morgan fingerprint density at radius 3 is 2.63 bits per heavy atom. The maximum Gasteiger partial charge on any atom is 0.347 e. The number of carbonyl (C=O) groups excluding carboxylic acids is 1. The van der Waals surface area contributed by atoms with Crippen molar-refractivity contribution in [3.05, 3.63) is 77.9 Å². The smallest absolute Gasteiger partial charge is 0.347 e. The van der Waals surface area contributed by atoms with Crippen molar-refractivity contribution in [3.63, 3.8) is 0 Å². The van der Waals surface area contributed by atoms with Gasteiger partial charge in [-0.1, -0.05) is 12.1 Å². The number of nitrogens with two attached hydrogens (primary N) is 1. The van der Waals surface area contributed by atoms with E-state index < -0.39 is 0 Å². The van der Waals surface area contributed by atoms with Crippen LogP contribution in [0.2, 0.25) is 0 Å². The highest BCUT2D eigenvalue weighted by molar-refractivity contribution is 7.21. The molecule has 5 heteroatoms. The molecule has 0 aliphatic carbocycles. The Hall–Kier alpha value is -3.02. The maximum absolute atomic E-state index is 12.5. The van der Waals surface area contributed by atoms with Crippen LogP contribution < -0.4 is 10.6 Å². The lowest BCUT2D eigenvalue weighted by molar-refractivity contribution is -0.464. The summed E-state index contributed by atoms with van der Waals surface area (Å²) in [6.45, 7) is 2.09. The molecule has 0 fully saturated rings. The lowest BCUT2D eigenvalue weighted by atomic mass is 10.1. The van der Waals surface area contributed by atoms with E-state index in [0.717, 1.165) is 27.5 Å². The van der Waals surface area contributed by atoms with E-state index in [1.54, 1.807) is 16.7 Å². The van der Waals surface area contributed by atoms with Crippen LogP contribution in [0.3, 0.4) is 0 Å². The molecule has 134 valence electrons. The van der Waals surface area contributed by atoms with Gasteiger partial charge in [-0.15, -0.1) is 11.3 Å². The van der Waals surface area contributed by atoms with Crippen molar-refractivity contribution in [1.29, 1.82) is 0 Å². The average molecular weight is 374 g/mol. The number of hydrogen-bond acceptors (Lipinski definition) is 4. The molecule has 0 aliphatic rings. The lowest BCUT2D eigenvalue weighted by Crippen LogP contribution is -2.82. The van der Waals surface area contributed by atoms with Crippen molar-refractivity contribution in [2.75, 3.05) is 12.4 Å². The summed E-state index contributed by atoms with van der Waals surface area (Å²) in [7, 11) is 1.84. The number of carbonyl (C=O) groups is 1. The van der Waals surface area contributed by atoms with Crippen LogP contribution >= 0.6 is 11.3 Å². The highest BCUT2D eigenvalue weighted by Crippen LogP contribution is 2.30. The third kappa shape index (κ3) is 3.74. The Labute approximate surface area is 161 Å². The van der Waals surface area contributed by atoms with Crippen LogP contribution in [0.4, 0.5) is 11.4 Å². The summed E-state index contributed by atoms with van der Waals surface area (Å²) < 4.78 is 1.19. The molecule has 1 heterocycles. The number of benzene rings is 3. The Morgan fingerprint density at radius 1 is 1.04 bits per heavy atom. The molecule has 0 atom stereocenters. The van der Waals surface area contributed by atoms with Crippen LogP contribution in [-0.4, -0.2) is 17.9 Å². The zero-order valence-corrected chi connectivity index (χ0v) is 16.0. The highest BCUT2D eigenvalue weighted by Gasteiger charge is 2.13. The summed E-state index contributed by atoms with van der Waals surface area (Å²) >= 11 is 1.69. The van der Waals surface area contributed by atoms with Crippen LogP contribution in [0.5, 0.6) is 0 Å². The molecule has 1 aromatic heterocycles. The Balaban J connectivity index is 1.53. The van der Waals surface area contributed by atoms with Gasteiger partial charge in [-0.2, -0.15) is 0 Å². The number of thiazole rings is 1. The Kier molecular flexibility index (Phi) is 4.71. The van der Waals surface area contributed by atoms with Gasteiger partial charge in [0, 0.05) is 30.4 Å². The number of quaternary nitrogens is 1. The van der Waals surface area contributed by atoms with Gasteiger partial charge in [0.15, 0.2) is 0 Å². The van der Waals surface area contributed by atoms with Crippen LogP contribution in [0.15, 0.2) is 66.7 Å². The molecule has 0 radical (unpaired) electrons. The van der Waals surface area contributed by atoms with E-state index in [9.17, 15) is 4.79 Å². The molecule has 4 aromatic rings. The fourth-order valence-corrected chi connectivity index (χ4v) is 4.01. The van der Waals surface area contributed by atoms with Crippen molar-refractivity contribution in [1.82, 2.24) is 4.98 Å². The van der Waals surface area contributed by atoms with Crippen LogP contribution in [0.1, 0.15) is 15.9 Å². The second-order valence-corrected chi connectivity index (χ2v) is 7.48. The predicted octanol–water partition coefficient (Wildman–Crippen LogP) is 4.35. The molecule has 4 nitrogen and oxygen atoms in total. The summed E-state index contributed by atoms with van der Waals surface area (Å²) in [5.74, 6) is -0.00434. The molecule has 0 aliphatic heterocycles. The van der Waals surface area contributed by atoms with E-state index in [2.05, 4.69) is 30.4 Å². The van der Waals surface area contributed by atoms with Gasteiger partial charge in [0.05, 0.1) is 15.8 Å². The first-order valence-corrected chi connectivity index (χ1v) is 9.58. The molecule has 27 heavy (non-hydrogen) atoms. The van der Waals surface area contributed by atoms with Gasteiger partial charge in [0.1, 0.15) is 10.7 Å². The molecule has 0 spiro atoms. The molecular weight excluding hydrogens is 354 g/mol. The summed E-state index contributed by atoms with van der Waals surface area (Å²) in [5.41, 5.74) is 5.81. The van der Waals surface area contributed by atoms with E-state index in [1.165, 1.54) is 10.3 Å². The maximum atomic E-state index is 12.5. The third-order valence-corrected chi connectivity index (χ3v) is 5.50. The fraction of sp³-hybridized carbons (Fsp3) is 0.0909. The largest absolute Gasteiger partial charge is 0.388 e. The first-order valence-electron chi connectivity index (χ1n) is 8.77. The van der Waals surface area contributed by atoms with Gasteiger partial charge in [0.2, 0.25) is 0 Å². The van der Waals surface area contributed by atoms with Gasteiger partial charge < -0.3 is 5.32 Å². The number of aryl methyl sites for hydroxylation is 1. The number of amides is 1. The van der Waals surface area contributed by atoms with Gasteiger partial charge in [0.25, 0.3) is 0 Å². The van der Waals surface area contributed by atoms with Gasteiger partial charge in [-0.25, -0.2) is 15.1 Å². The SMILES string of the molecule is CNc1cccc(C(=O)[NH2+]c2ccc(-c3nc4ccc(C)cc4s3)cc2)c1. The molecule has 0 saturated heterocycles. The quantitative estimate of drug-likeness (QED) is 0.522. The fourth-order valence-electron chi connectivity index (χ4n) is 2.94. The second kappa shape index (κ2) is 7.31. The first kappa shape index (κ1) is 17.4. The number of rotatable bonds is 4. The minimum Gasteiger partial charge on any atom is -0.388 e. The number of hydrogen-bond donors (Lipinski definition) is 2. The summed E-state index contributed by atoms with van der Waals surface area (Å²) in [4.78, 5) is 17.2. The number of anilines is 1. The summed E-state index contributed by atoms with van der Waals surface area (Å²) in [6.07, 6.45) is 0. The van der Waals surface area contributed by atoms with Crippen LogP contribution in [0, 0.1) is 6.92 Å². The topological polar surface area (TPSA) is 58.6 Å². The van der Waals surface area contributed by atoms with E-state index in [0.29, 0.717) is 5.56 Å². The molecule has 3 aromatic carbocycles. The monoisotopic (exact) mass is 374 g/mol. The summed E-state index contributed by atoms with van der Waals surface area (Å²) in [5, 5.41) is 5.72. The van der Waals surface area contributed by atoms with E-state index >= 15 is 0 Å². The van der Waals surface area contributed by atoms with Gasteiger partial charge in [-0.05, 0) is 55.0 Å². The van der Waals surface area contributed by atoms with Crippen molar-refractivity contribution in [3.8, 4) is 10.6 Å². The molecule has 0 bridgehead atoms. The van der Waals surface area contributed by atoms with Crippen molar-refractivity contribution < 1.29 is 10.1 Å². The first-order chi connectivity index (χ1) is 13.1. The molecule has 0 saturated carbocycles. The third-order valence-electron chi connectivity index (χ3n) is 4.44. The van der Waals surface area contributed by atoms with E-state index in [1.807, 2.05) is 55.6 Å². The number of nitrogens with one attached hydrogen (secondary N) is 1. The van der Waals surface area contributed by atoms with E-state index in [4.69, 9.17) is 4.98 Å².